The predicted molar refractivity (Wildman–Crippen MR) is 43.3 cm³/mol. The van der Waals surface area contributed by atoms with Crippen molar-refractivity contribution in [1.82, 2.24) is 5.32 Å². The van der Waals surface area contributed by atoms with Crippen molar-refractivity contribution in [3.63, 3.8) is 0 Å². The maximum Gasteiger partial charge on any atom is 0.0950 e. The van der Waals surface area contributed by atoms with E-state index >= 15 is 0 Å². The van der Waals surface area contributed by atoms with E-state index in [2.05, 4.69) is 5.32 Å². The van der Waals surface area contributed by atoms with Gasteiger partial charge in [0, 0.05) is 11.6 Å². The quantitative estimate of drug-likeness (QED) is 0.664. The van der Waals surface area contributed by atoms with Crippen LogP contribution in [-0.2, 0) is 0 Å². The van der Waals surface area contributed by atoms with Gasteiger partial charge in [-0.3, -0.25) is 0 Å². The van der Waals surface area contributed by atoms with Crippen molar-refractivity contribution in [1.29, 1.82) is 0 Å². The van der Waals surface area contributed by atoms with Gasteiger partial charge in [0.25, 0.3) is 0 Å². The molecule has 1 atom stereocenters. The lowest BCUT2D eigenvalue weighted by atomic mass is 10.0. The highest BCUT2D eigenvalue weighted by Gasteiger charge is 2.14. The van der Waals surface area contributed by atoms with Crippen molar-refractivity contribution in [3.05, 3.63) is 24.2 Å². The van der Waals surface area contributed by atoms with Gasteiger partial charge in [-0.2, -0.15) is 0 Å². The van der Waals surface area contributed by atoms with Crippen LogP contribution in [0.25, 0.3) is 0 Å². The molecule has 0 bridgehead atoms. The summed E-state index contributed by atoms with van der Waals surface area (Å²) in [4.78, 5) is 0. The molecule has 2 rings (SSSR count). The molecule has 2 heteroatoms. The van der Waals surface area contributed by atoms with E-state index in [1.807, 2.05) is 12.3 Å². The lowest BCUT2D eigenvalue weighted by Gasteiger charge is -2.21. The van der Waals surface area contributed by atoms with Crippen molar-refractivity contribution >= 4 is 0 Å². The van der Waals surface area contributed by atoms with Gasteiger partial charge in [0.1, 0.15) is 0 Å². The second-order valence-electron chi connectivity index (χ2n) is 3.06. The van der Waals surface area contributed by atoms with Crippen LogP contribution in [0.3, 0.4) is 0 Å². The number of piperidine rings is 1. The SMILES string of the molecule is c1cc([C@@H]2CCCCN2)co1. The smallest absolute Gasteiger partial charge is 0.0950 e. The summed E-state index contributed by atoms with van der Waals surface area (Å²) in [6, 6.07) is 2.59. The van der Waals surface area contributed by atoms with E-state index in [0.29, 0.717) is 6.04 Å². The van der Waals surface area contributed by atoms with Gasteiger partial charge in [0.05, 0.1) is 12.5 Å². The number of rotatable bonds is 1. The van der Waals surface area contributed by atoms with Gasteiger partial charge < -0.3 is 9.73 Å². The molecular weight excluding hydrogens is 138 g/mol. The van der Waals surface area contributed by atoms with Crippen LogP contribution < -0.4 is 5.32 Å². The molecule has 2 nitrogen and oxygen atoms in total. The van der Waals surface area contributed by atoms with Gasteiger partial charge in [0.2, 0.25) is 0 Å². The van der Waals surface area contributed by atoms with Crippen LogP contribution in [0, 0.1) is 0 Å². The summed E-state index contributed by atoms with van der Waals surface area (Å²) in [7, 11) is 0. The standard InChI is InChI=1S/C9H13NO/c1-2-5-10-9(3-1)8-4-6-11-7-8/h4,6-7,9-10H,1-3,5H2/t9-/m0/s1. The fraction of sp³-hybridized carbons (Fsp3) is 0.556. The Kier molecular flexibility index (Phi) is 1.95. The summed E-state index contributed by atoms with van der Waals surface area (Å²) >= 11 is 0. The maximum atomic E-state index is 5.03. The second kappa shape index (κ2) is 3.09. The Morgan fingerprint density at radius 3 is 3.09 bits per heavy atom. The largest absolute Gasteiger partial charge is 0.472 e. The fourth-order valence-corrected chi connectivity index (χ4v) is 1.61. The molecule has 0 saturated carbocycles. The fourth-order valence-electron chi connectivity index (χ4n) is 1.61. The molecule has 1 aliphatic heterocycles. The van der Waals surface area contributed by atoms with Gasteiger partial charge >= 0.3 is 0 Å². The molecule has 1 saturated heterocycles. The van der Waals surface area contributed by atoms with Gasteiger partial charge in [0.15, 0.2) is 0 Å². The third kappa shape index (κ3) is 1.46. The van der Waals surface area contributed by atoms with E-state index in [-0.39, 0.29) is 0 Å². The highest BCUT2D eigenvalue weighted by Crippen LogP contribution is 2.22. The summed E-state index contributed by atoms with van der Waals surface area (Å²) in [5.74, 6) is 0. The van der Waals surface area contributed by atoms with Gasteiger partial charge in [-0.1, -0.05) is 6.42 Å². The van der Waals surface area contributed by atoms with Crippen LogP contribution in [0.15, 0.2) is 23.0 Å². The van der Waals surface area contributed by atoms with Crippen molar-refractivity contribution in [2.45, 2.75) is 25.3 Å². The molecule has 1 aliphatic rings. The summed E-state index contributed by atoms with van der Waals surface area (Å²) < 4.78 is 5.03. The van der Waals surface area contributed by atoms with Gasteiger partial charge in [-0.05, 0) is 25.5 Å². The van der Waals surface area contributed by atoms with E-state index in [9.17, 15) is 0 Å². The molecule has 1 N–H and O–H groups in total. The molecule has 0 spiro atoms. The Morgan fingerprint density at radius 1 is 1.45 bits per heavy atom. The minimum atomic E-state index is 0.544. The predicted octanol–water partition coefficient (Wildman–Crippen LogP) is 2.09. The topological polar surface area (TPSA) is 25.2 Å². The zero-order valence-electron chi connectivity index (χ0n) is 6.55. The Morgan fingerprint density at radius 2 is 2.45 bits per heavy atom. The molecule has 60 valence electrons. The zero-order chi connectivity index (χ0) is 7.52. The van der Waals surface area contributed by atoms with Crippen molar-refractivity contribution in [2.75, 3.05) is 6.54 Å². The van der Waals surface area contributed by atoms with Gasteiger partial charge in [-0.15, -0.1) is 0 Å². The normalized spacial score (nSPS) is 25.3. The molecule has 0 unspecified atom stereocenters. The third-order valence-electron chi connectivity index (χ3n) is 2.26. The van der Waals surface area contributed by atoms with Crippen molar-refractivity contribution in [3.8, 4) is 0 Å². The summed E-state index contributed by atoms with van der Waals surface area (Å²) in [6.45, 7) is 1.15. The number of nitrogens with one attached hydrogen (secondary N) is 1. The second-order valence-corrected chi connectivity index (χ2v) is 3.06. The van der Waals surface area contributed by atoms with Crippen molar-refractivity contribution < 1.29 is 4.42 Å². The molecule has 11 heavy (non-hydrogen) atoms. The zero-order valence-corrected chi connectivity index (χ0v) is 6.55. The molecule has 1 fully saturated rings. The molecule has 2 heterocycles. The summed E-state index contributed by atoms with van der Waals surface area (Å²) in [5, 5.41) is 3.46. The molecule has 1 aromatic heterocycles. The first-order chi connectivity index (χ1) is 5.47. The Bertz CT molecular complexity index is 199. The van der Waals surface area contributed by atoms with Crippen molar-refractivity contribution in [2.24, 2.45) is 0 Å². The first kappa shape index (κ1) is 6.92. The molecule has 0 amide bonds. The number of hydrogen-bond acceptors (Lipinski definition) is 2. The van der Waals surface area contributed by atoms with E-state index in [4.69, 9.17) is 4.42 Å². The number of hydrogen-bond donors (Lipinski definition) is 1. The molecule has 0 aliphatic carbocycles. The van der Waals surface area contributed by atoms with E-state index in [1.54, 1.807) is 6.26 Å². The van der Waals surface area contributed by atoms with E-state index in [1.165, 1.54) is 24.8 Å². The Labute approximate surface area is 66.6 Å². The average Bonchev–Trinajstić information content (AvgIpc) is 2.58. The lowest BCUT2D eigenvalue weighted by molar-refractivity contribution is 0.409. The summed E-state index contributed by atoms with van der Waals surface area (Å²) in [6.07, 6.45) is 7.48. The Hall–Kier alpha value is -0.760. The van der Waals surface area contributed by atoms with Crippen LogP contribution >= 0.6 is 0 Å². The van der Waals surface area contributed by atoms with E-state index < -0.39 is 0 Å². The molecule has 1 aromatic rings. The first-order valence-corrected chi connectivity index (χ1v) is 4.22. The highest BCUT2D eigenvalue weighted by molar-refractivity contribution is 5.11. The van der Waals surface area contributed by atoms with Gasteiger partial charge in [-0.25, -0.2) is 0 Å². The summed E-state index contributed by atoms with van der Waals surface area (Å²) in [5.41, 5.74) is 1.30. The molecule has 0 radical (unpaired) electrons. The minimum absolute atomic E-state index is 0.544. The van der Waals surface area contributed by atoms with Crippen LogP contribution in [0.4, 0.5) is 0 Å². The minimum Gasteiger partial charge on any atom is -0.472 e. The molecular formula is C9H13NO. The first-order valence-electron chi connectivity index (χ1n) is 4.22. The third-order valence-corrected chi connectivity index (χ3v) is 2.26. The van der Waals surface area contributed by atoms with Crippen LogP contribution in [-0.4, -0.2) is 6.54 Å². The van der Waals surface area contributed by atoms with Crippen LogP contribution in [0.2, 0.25) is 0 Å². The lowest BCUT2D eigenvalue weighted by Crippen LogP contribution is -2.26. The van der Waals surface area contributed by atoms with Crippen LogP contribution in [0.5, 0.6) is 0 Å². The highest BCUT2D eigenvalue weighted by atomic mass is 16.3. The van der Waals surface area contributed by atoms with E-state index in [0.717, 1.165) is 6.54 Å². The number of furan rings is 1. The maximum absolute atomic E-state index is 5.03. The Balaban J connectivity index is 2.04. The molecule has 0 aromatic carbocycles. The average molecular weight is 151 g/mol. The monoisotopic (exact) mass is 151 g/mol. The van der Waals surface area contributed by atoms with Crippen LogP contribution in [0.1, 0.15) is 30.9 Å².